The molecule has 2 heterocycles. The van der Waals surface area contributed by atoms with Crippen LogP contribution >= 0.6 is 0 Å². The van der Waals surface area contributed by atoms with Crippen molar-refractivity contribution in [1.29, 1.82) is 5.26 Å². The van der Waals surface area contributed by atoms with Crippen molar-refractivity contribution < 1.29 is 9.53 Å². The summed E-state index contributed by atoms with van der Waals surface area (Å²) in [6.07, 6.45) is 1.89. The van der Waals surface area contributed by atoms with E-state index in [1.807, 2.05) is 54.7 Å². The molecule has 4 aromatic rings. The first-order chi connectivity index (χ1) is 16.7. The number of anilines is 2. The van der Waals surface area contributed by atoms with E-state index >= 15 is 0 Å². The number of fused-ring (bicyclic) bond motifs is 2. The van der Waals surface area contributed by atoms with Crippen LogP contribution in [0.15, 0.2) is 71.7 Å². The largest absolute Gasteiger partial charge is 0.484 e. The Kier molecular flexibility index (Phi) is 5.82. The van der Waals surface area contributed by atoms with E-state index in [0.29, 0.717) is 23.9 Å². The fourth-order valence-electron chi connectivity index (χ4n) is 3.68. The van der Waals surface area contributed by atoms with Crippen LogP contribution in [0.4, 0.5) is 11.5 Å². The first kappa shape index (κ1) is 21.1. The van der Waals surface area contributed by atoms with Gasteiger partial charge in [0.25, 0.3) is 5.91 Å². The lowest BCUT2D eigenvalue weighted by Crippen LogP contribution is -2.29. The molecule has 1 aliphatic heterocycles. The van der Waals surface area contributed by atoms with Crippen molar-refractivity contribution in [2.24, 2.45) is 4.99 Å². The Balaban J connectivity index is 1.45. The number of amides is 1. The predicted molar refractivity (Wildman–Crippen MR) is 130 cm³/mol. The van der Waals surface area contributed by atoms with Crippen LogP contribution in [-0.2, 0) is 11.3 Å². The second kappa shape index (κ2) is 9.38. The highest BCUT2D eigenvalue weighted by Gasteiger charge is 2.13. The van der Waals surface area contributed by atoms with E-state index in [9.17, 15) is 4.79 Å². The molecular formula is C26H20N6O2. The summed E-state index contributed by atoms with van der Waals surface area (Å²) in [5.41, 5.74) is 4.79. The first-order valence-electron chi connectivity index (χ1n) is 10.7. The number of nitrogens with one attached hydrogen (secondary N) is 2. The van der Waals surface area contributed by atoms with Gasteiger partial charge in [-0.15, -0.1) is 0 Å². The summed E-state index contributed by atoms with van der Waals surface area (Å²) < 4.78 is 5.58. The average Bonchev–Trinajstić information content (AvgIpc) is 3.34. The summed E-state index contributed by atoms with van der Waals surface area (Å²) >= 11 is 0. The molecule has 8 heteroatoms. The summed E-state index contributed by atoms with van der Waals surface area (Å²) in [5.74, 6) is 1.37. The third-order valence-corrected chi connectivity index (χ3v) is 5.33. The third kappa shape index (κ3) is 4.54. The zero-order valence-corrected chi connectivity index (χ0v) is 18.2. The summed E-state index contributed by atoms with van der Waals surface area (Å²) in [6, 6.07) is 23.1. The lowest BCUT2D eigenvalue weighted by Gasteiger charge is -2.12. The number of carbonyl (C=O) groups is 1. The maximum absolute atomic E-state index is 11.7. The van der Waals surface area contributed by atoms with Gasteiger partial charge in [0.05, 0.1) is 18.1 Å². The van der Waals surface area contributed by atoms with Gasteiger partial charge in [-0.1, -0.05) is 30.3 Å². The number of aromatic nitrogens is 2. The number of nitrogens with zero attached hydrogens (tertiary/aromatic N) is 4. The molecule has 8 nitrogen and oxygen atoms in total. The number of hydrogen-bond acceptors (Lipinski definition) is 7. The smallest absolute Gasteiger partial charge is 0.258 e. The summed E-state index contributed by atoms with van der Waals surface area (Å²) in [7, 11) is 0. The molecule has 0 radical (unpaired) electrons. The van der Waals surface area contributed by atoms with Gasteiger partial charge in [0, 0.05) is 22.9 Å². The highest BCUT2D eigenvalue weighted by Crippen LogP contribution is 2.29. The van der Waals surface area contributed by atoms with E-state index in [-0.39, 0.29) is 19.1 Å². The van der Waals surface area contributed by atoms with E-state index in [1.54, 1.807) is 12.1 Å². The number of para-hydroxylation sites is 1. The predicted octanol–water partition coefficient (Wildman–Crippen LogP) is 3.99. The highest BCUT2D eigenvalue weighted by atomic mass is 16.5. The number of hydrogen-bond donors (Lipinski definition) is 2. The van der Waals surface area contributed by atoms with E-state index in [0.717, 1.165) is 27.7 Å². The van der Waals surface area contributed by atoms with Gasteiger partial charge < -0.3 is 15.4 Å². The Morgan fingerprint density at radius 1 is 1.06 bits per heavy atom. The quantitative estimate of drug-likeness (QED) is 0.414. The minimum Gasteiger partial charge on any atom is -0.484 e. The summed E-state index contributed by atoms with van der Waals surface area (Å²) in [5, 5.41) is 15.4. The van der Waals surface area contributed by atoms with Gasteiger partial charge in [-0.3, -0.25) is 9.79 Å². The fraction of sp³-hybridized carbons (Fsp3) is 0.115. The molecule has 1 aliphatic rings. The van der Waals surface area contributed by atoms with Crippen molar-refractivity contribution in [3.05, 3.63) is 77.9 Å². The van der Waals surface area contributed by atoms with Crippen molar-refractivity contribution in [2.45, 2.75) is 6.54 Å². The Morgan fingerprint density at radius 2 is 1.97 bits per heavy atom. The number of rotatable bonds is 7. The Morgan fingerprint density at radius 3 is 2.88 bits per heavy atom. The van der Waals surface area contributed by atoms with Crippen LogP contribution in [0.3, 0.4) is 0 Å². The van der Waals surface area contributed by atoms with Crippen LogP contribution < -0.4 is 15.4 Å². The second-order valence-corrected chi connectivity index (χ2v) is 7.67. The number of benzene rings is 3. The molecule has 5 rings (SSSR count). The van der Waals surface area contributed by atoms with Crippen LogP contribution in [0.1, 0.15) is 11.1 Å². The van der Waals surface area contributed by atoms with Crippen LogP contribution in [-0.4, -0.2) is 35.2 Å². The van der Waals surface area contributed by atoms with Crippen LogP contribution in [0.25, 0.3) is 22.3 Å². The van der Waals surface area contributed by atoms with E-state index in [4.69, 9.17) is 20.0 Å². The molecule has 0 saturated heterocycles. The number of nitriles is 1. The van der Waals surface area contributed by atoms with Gasteiger partial charge in [-0.05, 0) is 47.5 Å². The SMILES string of the molecule is N#CCNC(=O)COc1cccc(-c2nc(Nc3ccc4c(c3)C=NC4)c3ccccc3n2)c1. The van der Waals surface area contributed by atoms with Gasteiger partial charge in [0.1, 0.15) is 18.1 Å². The molecule has 3 aromatic carbocycles. The third-order valence-electron chi connectivity index (χ3n) is 5.33. The fourth-order valence-corrected chi connectivity index (χ4v) is 3.68. The monoisotopic (exact) mass is 448 g/mol. The van der Waals surface area contributed by atoms with Gasteiger partial charge >= 0.3 is 0 Å². The van der Waals surface area contributed by atoms with Crippen molar-refractivity contribution in [3.8, 4) is 23.2 Å². The molecule has 1 amide bonds. The normalized spacial score (nSPS) is 11.6. The van der Waals surface area contributed by atoms with Gasteiger partial charge in [-0.2, -0.15) is 5.26 Å². The average molecular weight is 448 g/mol. The van der Waals surface area contributed by atoms with Crippen molar-refractivity contribution >= 4 is 34.5 Å². The van der Waals surface area contributed by atoms with E-state index in [1.165, 1.54) is 5.56 Å². The van der Waals surface area contributed by atoms with Gasteiger partial charge in [0.15, 0.2) is 12.4 Å². The molecule has 0 bridgehead atoms. The lowest BCUT2D eigenvalue weighted by atomic mass is 10.1. The highest BCUT2D eigenvalue weighted by molar-refractivity contribution is 5.93. The Labute approximate surface area is 196 Å². The molecular weight excluding hydrogens is 428 g/mol. The lowest BCUT2D eigenvalue weighted by molar-refractivity contribution is -0.122. The molecule has 2 N–H and O–H groups in total. The Hall–Kier alpha value is -4.77. The molecule has 34 heavy (non-hydrogen) atoms. The van der Waals surface area contributed by atoms with Crippen LogP contribution in [0.2, 0.25) is 0 Å². The number of carbonyl (C=O) groups excluding carboxylic acids is 1. The summed E-state index contributed by atoms with van der Waals surface area (Å²) in [6.45, 7) is 0.479. The minimum atomic E-state index is -0.361. The molecule has 1 aromatic heterocycles. The molecule has 0 fully saturated rings. The summed E-state index contributed by atoms with van der Waals surface area (Å²) in [4.78, 5) is 25.6. The molecule has 0 atom stereocenters. The molecule has 0 saturated carbocycles. The standard InChI is InChI=1S/C26H20N6O2/c27-10-11-29-24(33)16-34-21-5-3-4-17(13-21)25-31-23-7-2-1-6-22(23)26(32-25)30-20-9-8-18-14-28-15-19(18)12-20/h1-9,12-13,15H,11,14,16H2,(H,29,33)(H,30,31,32). The molecule has 0 aliphatic carbocycles. The van der Waals surface area contributed by atoms with E-state index < -0.39 is 0 Å². The maximum atomic E-state index is 11.7. The molecule has 166 valence electrons. The van der Waals surface area contributed by atoms with Gasteiger partial charge in [0.2, 0.25) is 0 Å². The first-order valence-corrected chi connectivity index (χ1v) is 10.7. The topological polar surface area (TPSA) is 112 Å². The minimum absolute atomic E-state index is 0.0556. The Bertz CT molecular complexity index is 1460. The molecule has 0 unspecified atom stereocenters. The second-order valence-electron chi connectivity index (χ2n) is 7.67. The van der Waals surface area contributed by atoms with Crippen LogP contribution in [0.5, 0.6) is 5.75 Å². The van der Waals surface area contributed by atoms with Crippen molar-refractivity contribution in [3.63, 3.8) is 0 Å². The van der Waals surface area contributed by atoms with Crippen molar-refractivity contribution in [2.75, 3.05) is 18.5 Å². The number of aliphatic imine (C=N–C) groups is 1. The zero-order chi connectivity index (χ0) is 23.3. The maximum Gasteiger partial charge on any atom is 0.258 e. The zero-order valence-electron chi connectivity index (χ0n) is 18.2. The number of ether oxygens (including phenoxy) is 1. The van der Waals surface area contributed by atoms with Crippen molar-refractivity contribution in [1.82, 2.24) is 15.3 Å². The van der Waals surface area contributed by atoms with Crippen LogP contribution in [0, 0.1) is 11.3 Å². The van der Waals surface area contributed by atoms with E-state index in [2.05, 4.69) is 27.8 Å². The van der Waals surface area contributed by atoms with Gasteiger partial charge in [-0.25, -0.2) is 9.97 Å². The molecule has 0 spiro atoms.